The molecule has 0 saturated heterocycles. The fourth-order valence-electron chi connectivity index (χ4n) is 1.72. The second-order valence-corrected chi connectivity index (χ2v) is 5.26. The molecule has 0 spiro atoms. The van der Waals surface area contributed by atoms with Crippen LogP contribution in [0.1, 0.15) is 6.92 Å². The van der Waals surface area contributed by atoms with Crippen molar-refractivity contribution in [2.75, 3.05) is 12.0 Å². The van der Waals surface area contributed by atoms with Crippen LogP contribution >= 0.6 is 23.2 Å². The van der Waals surface area contributed by atoms with Gasteiger partial charge in [0.25, 0.3) is 5.69 Å². The molecular formula is C15H13Cl2N3O4. The maximum Gasteiger partial charge on any atom is 0.294 e. The number of halogens is 2. The van der Waals surface area contributed by atoms with E-state index < -0.39 is 4.92 Å². The second kappa shape index (κ2) is 8.37. The molecule has 9 heteroatoms. The molecule has 0 fully saturated rings. The van der Waals surface area contributed by atoms with Crippen molar-refractivity contribution in [1.82, 2.24) is 0 Å². The molecule has 24 heavy (non-hydrogen) atoms. The van der Waals surface area contributed by atoms with Gasteiger partial charge in [-0.3, -0.25) is 15.5 Å². The average molecular weight is 370 g/mol. The first-order valence-electron chi connectivity index (χ1n) is 6.81. The van der Waals surface area contributed by atoms with Crippen LogP contribution in [-0.4, -0.2) is 17.9 Å². The van der Waals surface area contributed by atoms with Gasteiger partial charge in [0.15, 0.2) is 6.40 Å². The summed E-state index contributed by atoms with van der Waals surface area (Å²) in [5, 5.41) is 15.6. The lowest BCUT2D eigenvalue weighted by Crippen LogP contribution is -1.98. The summed E-state index contributed by atoms with van der Waals surface area (Å²) in [4.78, 5) is 10.5. The minimum atomic E-state index is -0.530. The Morgan fingerprint density at radius 2 is 2.08 bits per heavy atom. The van der Waals surface area contributed by atoms with Crippen molar-refractivity contribution in [3.05, 3.63) is 56.6 Å². The highest BCUT2D eigenvalue weighted by Crippen LogP contribution is 2.35. The Kier molecular flexibility index (Phi) is 6.22. The van der Waals surface area contributed by atoms with E-state index in [9.17, 15) is 10.1 Å². The molecule has 0 unspecified atom stereocenters. The van der Waals surface area contributed by atoms with Crippen LogP contribution in [0.25, 0.3) is 0 Å². The van der Waals surface area contributed by atoms with Crippen molar-refractivity contribution in [2.45, 2.75) is 6.92 Å². The molecule has 0 atom stereocenters. The third-order valence-corrected chi connectivity index (χ3v) is 3.30. The lowest BCUT2D eigenvalue weighted by atomic mass is 10.2. The molecule has 0 saturated carbocycles. The van der Waals surface area contributed by atoms with Gasteiger partial charge in [-0.15, -0.1) is 5.10 Å². The zero-order valence-corrected chi connectivity index (χ0v) is 14.0. The van der Waals surface area contributed by atoms with E-state index in [1.54, 1.807) is 19.1 Å². The molecule has 2 aromatic carbocycles. The predicted molar refractivity (Wildman–Crippen MR) is 93.4 cm³/mol. The van der Waals surface area contributed by atoms with E-state index in [0.717, 1.165) is 6.40 Å². The Labute approximate surface area is 147 Å². The molecule has 0 radical (unpaired) electrons. The summed E-state index contributed by atoms with van der Waals surface area (Å²) in [6.45, 7) is 2.23. The van der Waals surface area contributed by atoms with Crippen LogP contribution in [0.2, 0.25) is 10.0 Å². The van der Waals surface area contributed by atoms with Gasteiger partial charge in [-0.2, -0.15) is 0 Å². The van der Waals surface area contributed by atoms with E-state index in [0.29, 0.717) is 28.2 Å². The maximum atomic E-state index is 11.1. The smallest absolute Gasteiger partial charge is 0.294 e. The minimum Gasteiger partial charge on any atom is -0.482 e. The highest BCUT2D eigenvalue weighted by Gasteiger charge is 2.15. The molecule has 0 amide bonds. The molecule has 7 nitrogen and oxygen atoms in total. The van der Waals surface area contributed by atoms with Crippen molar-refractivity contribution in [2.24, 2.45) is 5.10 Å². The van der Waals surface area contributed by atoms with Crippen molar-refractivity contribution in [1.29, 1.82) is 0 Å². The van der Waals surface area contributed by atoms with Crippen molar-refractivity contribution in [3.8, 4) is 11.5 Å². The molecule has 2 rings (SSSR count). The van der Waals surface area contributed by atoms with Crippen LogP contribution in [0.3, 0.4) is 0 Å². The summed E-state index contributed by atoms with van der Waals surface area (Å²) >= 11 is 11.9. The lowest BCUT2D eigenvalue weighted by Gasteiger charge is -2.09. The summed E-state index contributed by atoms with van der Waals surface area (Å²) < 4.78 is 10.6. The first kappa shape index (κ1) is 17.8. The van der Waals surface area contributed by atoms with Crippen LogP contribution in [-0.2, 0) is 4.74 Å². The molecule has 1 N–H and O–H groups in total. The Balaban J connectivity index is 2.26. The number of nitrogens with zero attached hydrogens (tertiary/aromatic N) is 2. The largest absolute Gasteiger partial charge is 0.482 e. The quantitative estimate of drug-likeness (QED) is 0.318. The number of ether oxygens (including phenoxy) is 2. The van der Waals surface area contributed by atoms with Gasteiger partial charge in [0.05, 0.1) is 16.6 Å². The molecule has 0 aromatic heterocycles. The third-order valence-electron chi connectivity index (χ3n) is 2.77. The molecular weight excluding hydrogens is 357 g/mol. The summed E-state index contributed by atoms with van der Waals surface area (Å²) in [7, 11) is 0. The molecule has 2 aromatic rings. The number of hydrogen-bond acceptors (Lipinski definition) is 6. The van der Waals surface area contributed by atoms with Gasteiger partial charge < -0.3 is 9.47 Å². The van der Waals surface area contributed by atoms with Gasteiger partial charge in [0.1, 0.15) is 17.2 Å². The fraction of sp³-hybridized carbons (Fsp3) is 0.133. The normalized spacial score (nSPS) is 10.6. The van der Waals surface area contributed by atoms with Crippen LogP contribution in [0.4, 0.5) is 11.4 Å². The van der Waals surface area contributed by atoms with E-state index in [2.05, 4.69) is 10.5 Å². The molecule has 0 aliphatic carbocycles. The fourth-order valence-corrected chi connectivity index (χ4v) is 2.17. The van der Waals surface area contributed by atoms with Crippen molar-refractivity contribution < 1.29 is 14.4 Å². The number of hydrogen-bond donors (Lipinski definition) is 1. The van der Waals surface area contributed by atoms with Gasteiger partial charge in [0, 0.05) is 17.2 Å². The molecule has 0 aliphatic heterocycles. The minimum absolute atomic E-state index is 0.151. The SMILES string of the molecule is CCOC=NNc1cc(Oc2ccc(Cl)cc2Cl)ccc1[N+](=O)[O-]. The molecule has 126 valence electrons. The molecule has 0 bridgehead atoms. The van der Waals surface area contributed by atoms with E-state index in [-0.39, 0.29) is 11.4 Å². The number of rotatable bonds is 7. The second-order valence-electron chi connectivity index (χ2n) is 4.41. The van der Waals surface area contributed by atoms with Gasteiger partial charge in [-0.1, -0.05) is 23.2 Å². The van der Waals surface area contributed by atoms with E-state index in [1.165, 1.54) is 24.3 Å². The van der Waals surface area contributed by atoms with Gasteiger partial charge in [0.2, 0.25) is 0 Å². The average Bonchev–Trinajstić information content (AvgIpc) is 2.54. The molecule has 0 aliphatic rings. The Bertz CT molecular complexity index is 768. The van der Waals surface area contributed by atoms with Gasteiger partial charge in [-0.25, -0.2) is 0 Å². The third kappa shape index (κ3) is 4.74. The number of anilines is 1. The van der Waals surface area contributed by atoms with Crippen molar-refractivity contribution in [3.63, 3.8) is 0 Å². The van der Waals surface area contributed by atoms with E-state index in [4.69, 9.17) is 32.7 Å². The van der Waals surface area contributed by atoms with Crippen LogP contribution in [0, 0.1) is 10.1 Å². The maximum absolute atomic E-state index is 11.1. The van der Waals surface area contributed by atoms with Crippen LogP contribution in [0.5, 0.6) is 11.5 Å². The number of nitro groups is 1. The monoisotopic (exact) mass is 369 g/mol. The standard InChI is InChI=1S/C15H13Cl2N3O4/c1-2-23-9-18-19-13-8-11(4-5-14(13)20(21)22)24-15-6-3-10(16)7-12(15)17/h3-9,19H,2H2,1H3. The van der Waals surface area contributed by atoms with Crippen LogP contribution < -0.4 is 10.2 Å². The summed E-state index contributed by atoms with van der Waals surface area (Å²) in [6, 6.07) is 8.96. The Morgan fingerprint density at radius 3 is 2.75 bits per heavy atom. The Morgan fingerprint density at radius 1 is 1.29 bits per heavy atom. The van der Waals surface area contributed by atoms with Gasteiger partial charge >= 0.3 is 0 Å². The number of hydrazone groups is 1. The van der Waals surface area contributed by atoms with E-state index in [1.807, 2.05) is 0 Å². The highest BCUT2D eigenvalue weighted by atomic mass is 35.5. The number of nitrogens with one attached hydrogen (secondary N) is 1. The topological polar surface area (TPSA) is 86.0 Å². The summed E-state index contributed by atoms with van der Waals surface area (Å²) in [5.74, 6) is 0.720. The zero-order valence-electron chi connectivity index (χ0n) is 12.5. The zero-order chi connectivity index (χ0) is 17.5. The molecule has 0 heterocycles. The summed E-state index contributed by atoms with van der Waals surface area (Å²) in [6.07, 6.45) is 1.16. The van der Waals surface area contributed by atoms with Gasteiger partial charge in [-0.05, 0) is 31.2 Å². The first-order chi connectivity index (χ1) is 11.5. The lowest BCUT2D eigenvalue weighted by molar-refractivity contribution is -0.384. The highest BCUT2D eigenvalue weighted by molar-refractivity contribution is 6.35. The van der Waals surface area contributed by atoms with Crippen LogP contribution in [0.15, 0.2) is 41.5 Å². The summed E-state index contributed by atoms with van der Waals surface area (Å²) in [5.41, 5.74) is 2.54. The van der Waals surface area contributed by atoms with Crippen molar-refractivity contribution >= 4 is 41.0 Å². The first-order valence-corrected chi connectivity index (χ1v) is 7.57. The number of nitro benzene ring substituents is 1. The number of benzene rings is 2. The van der Waals surface area contributed by atoms with E-state index >= 15 is 0 Å². The predicted octanol–water partition coefficient (Wildman–Crippen LogP) is 5.09. The Hall–Kier alpha value is -2.51.